The van der Waals surface area contributed by atoms with Gasteiger partial charge in [0.25, 0.3) is 5.56 Å². The average Bonchev–Trinajstić information content (AvgIpc) is 2.87. The van der Waals surface area contributed by atoms with Gasteiger partial charge >= 0.3 is 7.60 Å². The molecule has 1 N–H and O–H groups in total. The Balaban J connectivity index is 1.90. The van der Waals surface area contributed by atoms with Crippen molar-refractivity contribution in [2.24, 2.45) is 0 Å². The molecule has 182 valence electrons. The van der Waals surface area contributed by atoms with Gasteiger partial charge in [-0.15, -0.1) is 0 Å². The third-order valence-electron chi connectivity index (χ3n) is 6.08. The van der Waals surface area contributed by atoms with E-state index in [2.05, 4.69) is 4.98 Å². The molecule has 0 saturated carbocycles. The van der Waals surface area contributed by atoms with Crippen LogP contribution in [0.25, 0.3) is 10.9 Å². The third-order valence-corrected chi connectivity index (χ3v) is 8.30. The smallest absolute Gasteiger partial charge is 0.321 e. The minimum atomic E-state index is -3.84. The zero-order valence-electron chi connectivity index (χ0n) is 19.9. The number of hydrogen-bond acceptors (Lipinski definition) is 5. The lowest BCUT2D eigenvalue weighted by Gasteiger charge is -2.35. The Morgan fingerprint density at radius 2 is 1.54 bits per heavy atom. The first-order chi connectivity index (χ1) is 16.8. The van der Waals surface area contributed by atoms with Gasteiger partial charge in [-0.2, -0.15) is 0 Å². The van der Waals surface area contributed by atoms with Crippen molar-refractivity contribution in [2.75, 3.05) is 14.2 Å². The third kappa shape index (κ3) is 5.44. The highest BCUT2D eigenvalue weighted by Crippen LogP contribution is 2.61. The van der Waals surface area contributed by atoms with Crippen LogP contribution in [0, 0.1) is 12.7 Å². The molecule has 8 heteroatoms. The van der Waals surface area contributed by atoms with Gasteiger partial charge in [0, 0.05) is 32.9 Å². The molecule has 0 bridgehead atoms. The van der Waals surface area contributed by atoms with Crippen molar-refractivity contribution in [3.8, 4) is 0 Å². The van der Waals surface area contributed by atoms with Crippen LogP contribution in [0.2, 0.25) is 0 Å². The summed E-state index contributed by atoms with van der Waals surface area (Å²) in [5, 5.41) is 0.810. The zero-order chi connectivity index (χ0) is 25.0. The molecular weight excluding hydrogens is 466 g/mol. The molecule has 35 heavy (non-hydrogen) atoms. The maximum atomic E-state index is 14.0. The van der Waals surface area contributed by atoms with E-state index in [1.807, 2.05) is 60.4 Å². The maximum Gasteiger partial charge on any atom is 0.351 e. The summed E-state index contributed by atoms with van der Waals surface area (Å²) in [7, 11) is -1.21. The molecule has 0 radical (unpaired) electrons. The molecule has 1 unspecified atom stereocenters. The van der Waals surface area contributed by atoms with Crippen molar-refractivity contribution < 1.29 is 18.0 Å². The predicted octanol–water partition coefficient (Wildman–Crippen LogP) is 6.16. The van der Waals surface area contributed by atoms with Crippen LogP contribution in [0.1, 0.15) is 28.0 Å². The second kappa shape index (κ2) is 10.7. The zero-order valence-corrected chi connectivity index (χ0v) is 20.8. The summed E-state index contributed by atoms with van der Waals surface area (Å²) in [5.41, 5.74) is 3.29. The van der Waals surface area contributed by atoms with Gasteiger partial charge in [0.05, 0.1) is 5.52 Å². The van der Waals surface area contributed by atoms with Gasteiger partial charge in [-0.3, -0.25) is 14.3 Å². The molecular formula is C27H28FN2O4P. The summed E-state index contributed by atoms with van der Waals surface area (Å²) < 4.78 is 38.5. The topological polar surface area (TPSA) is 71.6 Å². The van der Waals surface area contributed by atoms with E-state index in [9.17, 15) is 13.8 Å². The lowest BCUT2D eigenvalue weighted by Crippen LogP contribution is -2.33. The van der Waals surface area contributed by atoms with Gasteiger partial charge in [-0.05, 0) is 47.2 Å². The summed E-state index contributed by atoms with van der Waals surface area (Å²) in [6.45, 7) is 2.55. The SMILES string of the molecule is COP(=O)(OC)C(c1cc2cccc(C)c2[nH]c1=O)N(Cc1ccccc1)Cc1ccc(F)cc1. The van der Waals surface area contributed by atoms with E-state index in [1.165, 1.54) is 26.4 Å². The molecule has 0 fully saturated rings. The van der Waals surface area contributed by atoms with Gasteiger partial charge in [-0.1, -0.05) is 60.7 Å². The lowest BCUT2D eigenvalue weighted by molar-refractivity contribution is 0.175. The van der Waals surface area contributed by atoms with Gasteiger partial charge in [-0.25, -0.2) is 4.39 Å². The summed E-state index contributed by atoms with van der Waals surface area (Å²) in [4.78, 5) is 18.2. The Hall–Kier alpha value is -3.09. The van der Waals surface area contributed by atoms with E-state index in [-0.39, 0.29) is 23.5 Å². The van der Waals surface area contributed by atoms with Crippen LogP contribution in [0.4, 0.5) is 4.39 Å². The highest BCUT2D eigenvalue weighted by atomic mass is 31.2. The van der Waals surface area contributed by atoms with Crippen LogP contribution in [-0.2, 0) is 26.7 Å². The number of benzene rings is 3. The Labute approximate surface area is 203 Å². The van der Waals surface area contributed by atoms with E-state index in [1.54, 1.807) is 18.2 Å². The predicted molar refractivity (Wildman–Crippen MR) is 136 cm³/mol. The normalized spacial score (nSPS) is 12.8. The Kier molecular flexibility index (Phi) is 7.63. The minimum Gasteiger partial charge on any atom is -0.321 e. The number of aryl methyl sites for hydroxylation is 1. The van der Waals surface area contributed by atoms with E-state index >= 15 is 0 Å². The molecule has 1 atom stereocenters. The van der Waals surface area contributed by atoms with Crippen LogP contribution in [0.15, 0.2) is 83.7 Å². The van der Waals surface area contributed by atoms with E-state index in [4.69, 9.17) is 9.05 Å². The van der Waals surface area contributed by atoms with Crippen LogP contribution in [0.3, 0.4) is 0 Å². The molecule has 4 rings (SSSR count). The standard InChI is InChI=1S/C27H28FN2O4P/c1-19-8-7-11-22-16-24(26(31)29-25(19)22)27(35(32,33-2)34-3)30(17-20-9-5-4-6-10-20)18-21-12-14-23(28)15-13-21/h4-16,27H,17-18H2,1-3H3,(H,29,31). The molecule has 0 saturated heterocycles. The molecule has 1 aromatic heterocycles. The van der Waals surface area contributed by atoms with Gasteiger partial charge in [0.2, 0.25) is 0 Å². The number of halogens is 1. The van der Waals surface area contributed by atoms with Crippen molar-refractivity contribution >= 4 is 18.5 Å². The summed E-state index contributed by atoms with van der Waals surface area (Å²) in [5.74, 6) is -1.36. The molecule has 0 aliphatic heterocycles. The number of hydrogen-bond donors (Lipinski definition) is 1. The van der Waals surface area contributed by atoms with E-state index in [0.717, 1.165) is 27.6 Å². The number of pyridine rings is 1. The Morgan fingerprint density at radius 3 is 2.17 bits per heavy atom. The number of rotatable bonds is 9. The van der Waals surface area contributed by atoms with Gasteiger partial charge in [0.1, 0.15) is 11.6 Å². The minimum absolute atomic E-state index is 0.271. The number of aromatic nitrogens is 1. The Morgan fingerprint density at radius 1 is 0.914 bits per heavy atom. The number of para-hydroxylation sites is 1. The summed E-state index contributed by atoms with van der Waals surface area (Å²) >= 11 is 0. The van der Waals surface area contributed by atoms with E-state index < -0.39 is 13.4 Å². The van der Waals surface area contributed by atoms with Gasteiger partial charge in [0.15, 0.2) is 0 Å². The molecule has 1 heterocycles. The molecule has 6 nitrogen and oxygen atoms in total. The number of nitrogens with zero attached hydrogens (tertiary/aromatic N) is 1. The summed E-state index contributed by atoms with van der Waals surface area (Å²) in [6, 6.07) is 23.2. The highest BCUT2D eigenvalue weighted by molar-refractivity contribution is 7.54. The fraction of sp³-hybridized carbons (Fsp3) is 0.222. The molecule has 0 aliphatic rings. The Bertz CT molecular complexity index is 1400. The number of H-pyrrole nitrogens is 1. The largest absolute Gasteiger partial charge is 0.351 e. The van der Waals surface area contributed by atoms with Crippen molar-refractivity contribution in [2.45, 2.75) is 25.8 Å². The fourth-order valence-corrected chi connectivity index (χ4v) is 5.95. The highest BCUT2D eigenvalue weighted by Gasteiger charge is 2.42. The first kappa shape index (κ1) is 25.0. The van der Waals surface area contributed by atoms with Crippen molar-refractivity contribution in [3.05, 3.63) is 117 Å². The van der Waals surface area contributed by atoms with Crippen LogP contribution in [0.5, 0.6) is 0 Å². The molecule has 0 spiro atoms. The van der Waals surface area contributed by atoms with E-state index in [0.29, 0.717) is 6.54 Å². The van der Waals surface area contributed by atoms with Crippen molar-refractivity contribution in [3.63, 3.8) is 0 Å². The first-order valence-electron chi connectivity index (χ1n) is 11.2. The maximum absolute atomic E-state index is 14.0. The number of aromatic amines is 1. The molecule has 0 amide bonds. The molecule has 0 aliphatic carbocycles. The summed E-state index contributed by atoms with van der Waals surface area (Å²) in [6.07, 6.45) is 0. The van der Waals surface area contributed by atoms with Crippen molar-refractivity contribution in [1.29, 1.82) is 0 Å². The second-order valence-electron chi connectivity index (χ2n) is 8.39. The van der Waals surface area contributed by atoms with Crippen LogP contribution < -0.4 is 5.56 Å². The quantitative estimate of drug-likeness (QED) is 0.282. The number of nitrogens with one attached hydrogen (secondary N) is 1. The first-order valence-corrected chi connectivity index (χ1v) is 12.8. The molecule has 4 aromatic rings. The lowest BCUT2D eigenvalue weighted by atomic mass is 10.1. The van der Waals surface area contributed by atoms with Crippen LogP contribution in [-0.4, -0.2) is 24.1 Å². The fourth-order valence-electron chi connectivity index (χ4n) is 4.30. The van der Waals surface area contributed by atoms with Crippen molar-refractivity contribution in [1.82, 2.24) is 9.88 Å². The number of fused-ring (bicyclic) bond motifs is 1. The molecule has 3 aromatic carbocycles. The van der Waals surface area contributed by atoms with Crippen LogP contribution >= 0.6 is 7.60 Å². The monoisotopic (exact) mass is 494 g/mol. The second-order valence-corrected chi connectivity index (χ2v) is 10.7. The average molecular weight is 495 g/mol. The van der Waals surface area contributed by atoms with Gasteiger partial charge < -0.3 is 14.0 Å².